The standard InChI is InChI=1S/C16H12BrFO3/c1-10-8-13(18)5-6-14(10)21-15-9-12(17)4-2-11(15)3-7-16(19)20/h2-9H,1H3,(H,19,20)/b7-3+. The number of rotatable bonds is 4. The van der Waals surface area contributed by atoms with E-state index in [0.29, 0.717) is 22.6 Å². The number of halogens is 2. The number of benzene rings is 2. The number of hydrogen-bond donors (Lipinski definition) is 1. The second-order valence-corrected chi connectivity index (χ2v) is 5.28. The zero-order valence-corrected chi connectivity index (χ0v) is 12.7. The van der Waals surface area contributed by atoms with Gasteiger partial charge in [-0.25, -0.2) is 9.18 Å². The van der Waals surface area contributed by atoms with Crippen molar-refractivity contribution in [2.24, 2.45) is 0 Å². The Balaban J connectivity index is 2.38. The van der Waals surface area contributed by atoms with Crippen LogP contribution in [0.1, 0.15) is 11.1 Å². The number of carboxylic acids is 1. The highest BCUT2D eigenvalue weighted by Crippen LogP contribution is 2.31. The topological polar surface area (TPSA) is 46.5 Å². The molecule has 108 valence electrons. The first-order valence-electron chi connectivity index (χ1n) is 6.10. The fourth-order valence-corrected chi connectivity index (χ4v) is 2.08. The van der Waals surface area contributed by atoms with Crippen LogP contribution in [0.2, 0.25) is 0 Å². The molecular formula is C16H12BrFO3. The SMILES string of the molecule is Cc1cc(F)ccc1Oc1cc(Br)ccc1/C=C/C(=O)O. The molecule has 3 nitrogen and oxygen atoms in total. The Morgan fingerprint density at radius 3 is 2.67 bits per heavy atom. The van der Waals surface area contributed by atoms with E-state index in [1.54, 1.807) is 25.1 Å². The van der Waals surface area contributed by atoms with Crippen molar-refractivity contribution in [3.05, 3.63) is 63.9 Å². The van der Waals surface area contributed by atoms with Gasteiger partial charge < -0.3 is 9.84 Å². The Bertz CT molecular complexity index is 711. The summed E-state index contributed by atoms with van der Waals surface area (Å²) in [6, 6.07) is 9.47. The molecule has 0 aliphatic carbocycles. The summed E-state index contributed by atoms with van der Waals surface area (Å²) in [5.74, 6) is -0.377. The predicted molar refractivity (Wildman–Crippen MR) is 82.0 cm³/mol. The van der Waals surface area contributed by atoms with Crippen molar-refractivity contribution >= 4 is 28.0 Å². The Hall–Kier alpha value is -2.14. The van der Waals surface area contributed by atoms with Crippen LogP contribution in [0, 0.1) is 12.7 Å². The number of hydrogen-bond acceptors (Lipinski definition) is 2. The van der Waals surface area contributed by atoms with Gasteiger partial charge in [-0.3, -0.25) is 0 Å². The summed E-state index contributed by atoms with van der Waals surface area (Å²) in [6.07, 6.45) is 2.48. The smallest absolute Gasteiger partial charge is 0.328 e. The third kappa shape index (κ3) is 4.16. The number of carboxylic acid groups (broad SMARTS) is 1. The maximum atomic E-state index is 13.1. The molecule has 1 N–H and O–H groups in total. The highest BCUT2D eigenvalue weighted by molar-refractivity contribution is 9.10. The molecule has 0 aliphatic heterocycles. The molecule has 0 spiro atoms. The molecule has 0 fully saturated rings. The summed E-state index contributed by atoms with van der Waals surface area (Å²) in [5.41, 5.74) is 1.27. The first-order chi connectivity index (χ1) is 9.95. The number of ether oxygens (including phenoxy) is 1. The minimum Gasteiger partial charge on any atom is -0.478 e. The summed E-state index contributed by atoms with van der Waals surface area (Å²) < 4.78 is 19.7. The maximum Gasteiger partial charge on any atom is 0.328 e. The minimum atomic E-state index is -1.04. The van der Waals surface area contributed by atoms with E-state index in [0.717, 1.165) is 10.5 Å². The van der Waals surface area contributed by atoms with E-state index in [1.165, 1.54) is 24.3 Å². The molecule has 0 saturated carbocycles. The number of aliphatic carboxylic acids is 1. The van der Waals surface area contributed by atoms with Crippen LogP contribution in [-0.4, -0.2) is 11.1 Å². The molecule has 0 unspecified atom stereocenters. The van der Waals surface area contributed by atoms with Gasteiger partial charge in [0, 0.05) is 16.1 Å². The van der Waals surface area contributed by atoms with E-state index in [4.69, 9.17) is 9.84 Å². The van der Waals surface area contributed by atoms with Crippen molar-refractivity contribution in [1.29, 1.82) is 0 Å². The third-order valence-electron chi connectivity index (χ3n) is 2.74. The summed E-state index contributed by atoms with van der Waals surface area (Å²) in [5, 5.41) is 8.71. The molecule has 0 aromatic heterocycles. The number of carbonyl (C=O) groups is 1. The molecule has 21 heavy (non-hydrogen) atoms. The Morgan fingerprint density at radius 2 is 2.00 bits per heavy atom. The van der Waals surface area contributed by atoms with Crippen LogP contribution in [-0.2, 0) is 4.79 Å². The zero-order valence-electron chi connectivity index (χ0n) is 11.1. The zero-order chi connectivity index (χ0) is 15.4. The lowest BCUT2D eigenvalue weighted by molar-refractivity contribution is -0.131. The first-order valence-corrected chi connectivity index (χ1v) is 6.89. The second-order valence-electron chi connectivity index (χ2n) is 4.37. The lowest BCUT2D eigenvalue weighted by Crippen LogP contribution is -1.92. The van der Waals surface area contributed by atoms with Gasteiger partial charge in [0.2, 0.25) is 0 Å². The largest absolute Gasteiger partial charge is 0.478 e. The highest BCUT2D eigenvalue weighted by atomic mass is 79.9. The Labute approximate surface area is 129 Å². The maximum absolute atomic E-state index is 13.1. The highest BCUT2D eigenvalue weighted by Gasteiger charge is 2.07. The third-order valence-corrected chi connectivity index (χ3v) is 3.23. The van der Waals surface area contributed by atoms with E-state index in [-0.39, 0.29) is 5.82 Å². The molecule has 2 aromatic rings. The van der Waals surface area contributed by atoms with Gasteiger partial charge in [0.05, 0.1) is 0 Å². The van der Waals surface area contributed by atoms with Gasteiger partial charge in [0.25, 0.3) is 0 Å². The molecule has 2 rings (SSSR count). The molecule has 0 saturated heterocycles. The van der Waals surface area contributed by atoms with E-state index in [2.05, 4.69) is 15.9 Å². The van der Waals surface area contributed by atoms with Crippen molar-refractivity contribution in [3.63, 3.8) is 0 Å². The van der Waals surface area contributed by atoms with E-state index < -0.39 is 5.97 Å². The average molecular weight is 351 g/mol. The molecule has 2 aromatic carbocycles. The molecule has 0 bridgehead atoms. The fraction of sp³-hybridized carbons (Fsp3) is 0.0625. The molecule has 0 radical (unpaired) electrons. The van der Waals surface area contributed by atoms with Gasteiger partial charge in [-0.1, -0.05) is 22.0 Å². The summed E-state index contributed by atoms with van der Waals surface area (Å²) in [7, 11) is 0. The van der Waals surface area contributed by atoms with Gasteiger partial charge in [0.15, 0.2) is 0 Å². The first kappa shape index (κ1) is 15.3. The monoisotopic (exact) mass is 350 g/mol. The molecule has 5 heteroatoms. The summed E-state index contributed by atoms with van der Waals surface area (Å²) in [4.78, 5) is 10.6. The van der Waals surface area contributed by atoms with Crippen molar-refractivity contribution in [1.82, 2.24) is 0 Å². The fourth-order valence-electron chi connectivity index (χ4n) is 1.74. The van der Waals surface area contributed by atoms with Crippen molar-refractivity contribution in [2.75, 3.05) is 0 Å². The van der Waals surface area contributed by atoms with Crippen LogP contribution in [0.25, 0.3) is 6.08 Å². The molecular weight excluding hydrogens is 339 g/mol. The van der Waals surface area contributed by atoms with Crippen molar-refractivity contribution in [2.45, 2.75) is 6.92 Å². The van der Waals surface area contributed by atoms with Gasteiger partial charge in [-0.15, -0.1) is 0 Å². The normalized spacial score (nSPS) is 10.8. The van der Waals surface area contributed by atoms with Crippen LogP contribution in [0.5, 0.6) is 11.5 Å². The molecule has 0 amide bonds. The van der Waals surface area contributed by atoms with E-state index in [1.807, 2.05) is 0 Å². The van der Waals surface area contributed by atoms with Gasteiger partial charge in [-0.2, -0.15) is 0 Å². The van der Waals surface area contributed by atoms with Crippen LogP contribution in [0.15, 0.2) is 46.9 Å². The van der Waals surface area contributed by atoms with Crippen LogP contribution >= 0.6 is 15.9 Å². The van der Waals surface area contributed by atoms with E-state index >= 15 is 0 Å². The van der Waals surface area contributed by atoms with Gasteiger partial charge in [-0.05, 0) is 48.9 Å². The molecule has 0 atom stereocenters. The molecule has 0 aliphatic rings. The van der Waals surface area contributed by atoms with Gasteiger partial charge >= 0.3 is 5.97 Å². The van der Waals surface area contributed by atoms with Crippen molar-refractivity contribution < 1.29 is 19.0 Å². The number of aryl methyl sites for hydroxylation is 1. The Kier molecular flexibility index (Phi) is 4.75. The second kappa shape index (κ2) is 6.54. The lowest BCUT2D eigenvalue weighted by atomic mass is 10.1. The van der Waals surface area contributed by atoms with Crippen molar-refractivity contribution in [3.8, 4) is 11.5 Å². The van der Waals surface area contributed by atoms with Crippen LogP contribution < -0.4 is 4.74 Å². The van der Waals surface area contributed by atoms with Crippen LogP contribution in [0.3, 0.4) is 0 Å². The lowest BCUT2D eigenvalue weighted by Gasteiger charge is -2.11. The van der Waals surface area contributed by atoms with E-state index in [9.17, 15) is 9.18 Å². The summed E-state index contributed by atoms with van der Waals surface area (Å²) in [6.45, 7) is 1.74. The molecule has 0 heterocycles. The Morgan fingerprint density at radius 1 is 1.24 bits per heavy atom. The quantitative estimate of drug-likeness (QED) is 0.806. The summed E-state index contributed by atoms with van der Waals surface area (Å²) >= 11 is 3.34. The minimum absolute atomic E-state index is 0.333. The average Bonchev–Trinajstić information content (AvgIpc) is 2.41. The predicted octanol–water partition coefficient (Wildman–Crippen LogP) is 4.79. The van der Waals surface area contributed by atoms with Crippen LogP contribution in [0.4, 0.5) is 4.39 Å². The van der Waals surface area contributed by atoms with Gasteiger partial charge in [0.1, 0.15) is 17.3 Å².